The zero-order chi connectivity index (χ0) is 38.2. The number of nitrogens with two attached hydrogens (primary N) is 1. The van der Waals surface area contributed by atoms with E-state index >= 15 is 0 Å². The van der Waals surface area contributed by atoms with Gasteiger partial charge in [0.2, 0.25) is 0 Å². The van der Waals surface area contributed by atoms with Crippen LogP contribution in [-0.2, 0) is 32.7 Å². The second-order valence-electron chi connectivity index (χ2n) is 12.8. The van der Waals surface area contributed by atoms with Gasteiger partial charge >= 0.3 is 19.8 Å². The molecule has 10 heteroatoms. The summed E-state index contributed by atoms with van der Waals surface area (Å²) in [6, 6.07) is 0. The highest BCUT2D eigenvalue weighted by Crippen LogP contribution is 2.43. The number of phosphoric ester groups is 1. The predicted molar refractivity (Wildman–Crippen MR) is 215 cm³/mol. The Balaban J connectivity index is 4.35. The van der Waals surface area contributed by atoms with E-state index in [-0.39, 0.29) is 32.6 Å². The molecule has 0 aromatic heterocycles. The molecule has 0 fully saturated rings. The van der Waals surface area contributed by atoms with Gasteiger partial charge in [-0.1, -0.05) is 145 Å². The number of esters is 2. The minimum absolute atomic E-state index is 0.00654. The first-order valence-corrected chi connectivity index (χ1v) is 21.4. The van der Waals surface area contributed by atoms with Gasteiger partial charge in [-0.05, 0) is 64.2 Å². The highest BCUT2D eigenvalue weighted by Gasteiger charge is 2.25. The van der Waals surface area contributed by atoms with Crippen molar-refractivity contribution in [3.8, 4) is 0 Å². The third-order valence-electron chi connectivity index (χ3n) is 7.86. The van der Waals surface area contributed by atoms with E-state index in [4.69, 9.17) is 24.3 Å². The maximum atomic E-state index is 12.5. The molecule has 0 rings (SSSR count). The van der Waals surface area contributed by atoms with Crippen LogP contribution in [0.3, 0.4) is 0 Å². The Labute approximate surface area is 316 Å². The van der Waals surface area contributed by atoms with Gasteiger partial charge in [0.05, 0.1) is 19.6 Å². The standard InChI is InChI=1S/C42H72NO8P/c1-3-5-7-9-11-13-15-17-19-21-22-24-26-28-30-32-34-41(44)48-38-40(39-50-52(46,47)49-37-36-43)51-42(45)35-33-31-29-27-25-23-20-18-16-14-12-10-8-6-4-2/h6,8,12,14,18-21,25,27,31,33,40H,3-5,7,9-11,13,15-17,22-24,26,28-30,32,34-39,43H2,1-2H3,(H,46,47)/b8-6-,14-12-,20-18-,21-19-,27-25-,33-31-. The molecule has 2 atom stereocenters. The van der Waals surface area contributed by atoms with Crippen molar-refractivity contribution in [1.82, 2.24) is 0 Å². The monoisotopic (exact) mass is 749 g/mol. The van der Waals surface area contributed by atoms with Gasteiger partial charge in [-0.2, -0.15) is 0 Å². The Hall–Kier alpha value is -2.55. The van der Waals surface area contributed by atoms with Gasteiger partial charge in [0.1, 0.15) is 6.61 Å². The van der Waals surface area contributed by atoms with Crippen LogP contribution < -0.4 is 5.73 Å². The van der Waals surface area contributed by atoms with Crippen molar-refractivity contribution >= 4 is 19.8 Å². The fraction of sp³-hybridized carbons (Fsp3) is 0.667. The number of unbranched alkanes of at least 4 members (excludes halogenated alkanes) is 12. The zero-order valence-corrected chi connectivity index (χ0v) is 33.4. The van der Waals surface area contributed by atoms with Gasteiger partial charge in [-0.15, -0.1) is 0 Å². The van der Waals surface area contributed by atoms with Gasteiger partial charge in [-0.25, -0.2) is 4.57 Å². The fourth-order valence-corrected chi connectivity index (χ4v) is 5.70. The quantitative estimate of drug-likeness (QED) is 0.0278. The van der Waals surface area contributed by atoms with E-state index in [1.54, 1.807) is 6.08 Å². The second-order valence-corrected chi connectivity index (χ2v) is 14.2. The average Bonchev–Trinajstić information content (AvgIpc) is 3.13. The van der Waals surface area contributed by atoms with Crippen molar-refractivity contribution in [2.75, 3.05) is 26.4 Å². The summed E-state index contributed by atoms with van der Waals surface area (Å²) < 4.78 is 32.5. The highest BCUT2D eigenvalue weighted by atomic mass is 31.2. The van der Waals surface area contributed by atoms with E-state index in [9.17, 15) is 19.0 Å². The summed E-state index contributed by atoms with van der Waals surface area (Å²) in [6.45, 7) is 3.47. The molecule has 0 aliphatic carbocycles. The number of carbonyl (C=O) groups excluding carboxylic acids is 2. The van der Waals surface area contributed by atoms with Crippen LogP contribution in [0.2, 0.25) is 0 Å². The molecule has 0 aromatic carbocycles. The average molecular weight is 750 g/mol. The summed E-state index contributed by atoms with van der Waals surface area (Å²) in [4.78, 5) is 34.7. The third-order valence-corrected chi connectivity index (χ3v) is 8.84. The molecule has 0 spiro atoms. The molecule has 52 heavy (non-hydrogen) atoms. The van der Waals surface area contributed by atoms with E-state index in [2.05, 4.69) is 68.5 Å². The van der Waals surface area contributed by atoms with Crippen molar-refractivity contribution in [1.29, 1.82) is 0 Å². The first kappa shape index (κ1) is 49.5. The Morgan fingerprint density at radius 3 is 1.65 bits per heavy atom. The van der Waals surface area contributed by atoms with Crippen LogP contribution in [0.25, 0.3) is 0 Å². The summed E-state index contributed by atoms with van der Waals surface area (Å²) in [7, 11) is -4.40. The Kier molecular flexibility index (Phi) is 36.3. The Bertz CT molecular complexity index is 1080. The molecule has 0 radical (unpaired) electrons. The van der Waals surface area contributed by atoms with Gasteiger partial charge in [0, 0.05) is 13.0 Å². The van der Waals surface area contributed by atoms with E-state index in [0.29, 0.717) is 12.8 Å². The van der Waals surface area contributed by atoms with Crippen LogP contribution in [-0.4, -0.2) is 49.3 Å². The zero-order valence-electron chi connectivity index (χ0n) is 32.5. The molecule has 0 amide bonds. The van der Waals surface area contributed by atoms with Crippen LogP contribution in [0.5, 0.6) is 0 Å². The third kappa shape index (κ3) is 37.2. The summed E-state index contributed by atoms with van der Waals surface area (Å²) in [5.74, 6) is -0.993. The Morgan fingerprint density at radius 1 is 0.615 bits per heavy atom. The van der Waals surface area contributed by atoms with Gasteiger partial charge in [0.25, 0.3) is 0 Å². The summed E-state index contributed by atoms with van der Waals surface area (Å²) in [6.07, 6.45) is 45.3. The van der Waals surface area contributed by atoms with Gasteiger partial charge in [0.15, 0.2) is 6.10 Å². The number of ether oxygens (including phenoxy) is 2. The number of phosphoric acid groups is 1. The maximum Gasteiger partial charge on any atom is 0.472 e. The number of rotatable bonds is 36. The van der Waals surface area contributed by atoms with Crippen molar-refractivity contribution < 1.29 is 37.6 Å². The summed E-state index contributed by atoms with van der Waals surface area (Å²) >= 11 is 0. The van der Waals surface area contributed by atoms with E-state index in [1.165, 1.54) is 51.4 Å². The molecule has 0 saturated carbocycles. The number of allylic oxidation sites excluding steroid dienone is 11. The minimum atomic E-state index is -4.40. The number of carbonyl (C=O) groups is 2. The first-order valence-electron chi connectivity index (χ1n) is 19.9. The van der Waals surface area contributed by atoms with E-state index in [1.807, 2.05) is 12.2 Å². The summed E-state index contributed by atoms with van der Waals surface area (Å²) in [5, 5.41) is 0. The van der Waals surface area contributed by atoms with Crippen LogP contribution in [0, 0.1) is 0 Å². The summed E-state index contributed by atoms with van der Waals surface area (Å²) in [5.41, 5.74) is 5.33. The normalized spacial score (nSPS) is 14.2. The molecule has 9 nitrogen and oxygen atoms in total. The molecule has 0 aliphatic rings. The van der Waals surface area contributed by atoms with Crippen LogP contribution in [0.15, 0.2) is 72.9 Å². The smallest absolute Gasteiger partial charge is 0.462 e. The second kappa shape index (κ2) is 38.2. The topological polar surface area (TPSA) is 134 Å². The van der Waals surface area contributed by atoms with Crippen molar-refractivity contribution in [2.24, 2.45) is 5.73 Å². The molecule has 298 valence electrons. The van der Waals surface area contributed by atoms with Gasteiger partial charge in [-0.3, -0.25) is 18.6 Å². The van der Waals surface area contributed by atoms with Crippen molar-refractivity contribution in [3.05, 3.63) is 72.9 Å². The molecule has 3 N–H and O–H groups in total. The first-order chi connectivity index (χ1) is 25.3. The molecular weight excluding hydrogens is 677 g/mol. The molecule has 2 unspecified atom stereocenters. The van der Waals surface area contributed by atoms with Crippen LogP contribution in [0.4, 0.5) is 0 Å². The maximum absolute atomic E-state index is 12.5. The van der Waals surface area contributed by atoms with Gasteiger partial charge < -0.3 is 20.1 Å². The molecule has 0 bridgehead atoms. The Morgan fingerprint density at radius 2 is 1.12 bits per heavy atom. The minimum Gasteiger partial charge on any atom is -0.462 e. The highest BCUT2D eigenvalue weighted by molar-refractivity contribution is 7.47. The SMILES string of the molecule is CC/C=C\C/C=C\C/C=C\C/C=C\C/C=C\CC(=O)OC(COC(=O)CCCCCCC/C=C\CCCCCCCCC)COP(=O)(O)OCCN. The lowest BCUT2D eigenvalue weighted by molar-refractivity contribution is -0.160. The predicted octanol–water partition coefficient (Wildman–Crippen LogP) is 11.1. The lowest BCUT2D eigenvalue weighted by Gasteiger charge is -2.19. The van der Waals surface area contributed by atoms with Crippen molar-refractivity contribution in [3.63, 3.8) is 0 Å². The van der Waals surface area contributed by atoms with E-state index in [0.717, 1.165) is 57.8 Å². The largest absolute Gasteiger partial charge is 0.472 e. The van der Waals surface area contributed by atoms with E-state index < -0.39 is 32.5 Å². The van der Waals surface area contributed by atoms with Crippen LogP contribution in [0.1, 0.15) is 149 Å². The molecule has 0 saturated heterocycles. The van der Waals surface area contributed by atoms with Crippen molar-refractivity contribution in [2.45, 2.75) is 155 Å². The fourth-order valence-electron chi connectivity index (χ4n) is 4.94. The lowest BCUT2D eigenvalue weighted by atomic mass is 10.1. The molecule has 0 heterocycles. The molecule has 0 aliphatic heterocycles. The molecule has 0 aromatic rings. The lowest BCUT2D eigenvalue weighted by Crippen LogP contribution is -2.29. The van der Waals surface area contributed by atoms with Crippen LogP contribution >= 0.6 is 7.82 Å². The molecular formula is C42H72NO8P. The number of hydrogen-bond acceptors (Lipinski definition) is 8. The number of hydrogen-bond donors (Lipinski definition) is 2.